The Morgan fingerprint density at radius 2 is 1.91 bits per heavy atom. The first-order valence-corrected chi connectivity index (χ1v) is 7.57. The molecule has 130 valence electrons. The maximum absolute atomic E-state index is 12.8. The Balaban J connectivity index is 0.00000264. The number of carbonyl (C=O) groups is 1. The van der Waals surface area contributed by atoms with Crippen LogP contribution in [0.1, 0.15) is 37.3 Å². The van der Waals surface area contributed by atoms with Crippen LogP contribution < -0.4 is 10.6 Å². The molecule has 1 aliphatic rings. The molecule has 0 bridgehead atoms. The number of rotatable bonds is 7. The molecule has 0 aliphatic heterocycles. The second-order valence-electron chi connectivity index (χ2n) is 5.67. The van der Waals surface area contributed by atoms with Gasteiger partial charge in [-0.1, -0.05) is 25.1 Å². The molecule has 0 heterocycles. The zero-order chi connectivity index (χ0) is 16.2. The van der Waals surface area contributed by atoms with Crippen molar-refractivity contribution in [2.24, 2.45) is 0 Å². The van der Waals surface area contributed by atoms with Gasteiger partial charge in [0.15, 0.2) is 0 Å². The lowest BCUT2D eigenvalue weighted by atomic mass is 9.93. The van der Waals surface area contributed by atoms with Crippen molar-refractivity contribution in [1.29, 1.82) is 0 Å². The minimum atomic E-state index is -4.38. The Bertz CT molecular complexity index is 530. The van der Waals surface area contributed by atoms with Crippen molar-refractivity contribution >= 4 is 18.3 Å². The Hall–Kier alpha value is -1.27. The molecule has 1 fully saturated rings. The standard InChI is InChI=1S/C16H21F3N2O.ClH/c1-2-8-20-9-10-21-14(22)15(6-7-15)12-4-3-5-13(11-12)16(17,18)19;/h3-5,11,20H,2,6-10H2,1H3,(H,21,22);1H. The third-order valence-corrected chi connectivity index (χ3v) is 3.94. The van der Waals surface area contributed by atoms with Gasteiger partial charge < -0.3 is 10.6 Å². The van der Waals surface area contributed by atoms with Gasteiger partial charge in [-0.25, -0.2) is 0 Å². The number of carbonyl (C=O) groups excluding carboxylic acids is 1. The third kappa shape index (κ3) is 4.85. The molecule has 0 aromatic heterocycles. The van der Waals surface area contributed by atoms with E-state index in [0.717, 1.165) is 25.1 Å². The lowest BCUT2D eigenvalue weighted by Gasteiger charge is -2.17. The number of nitrogens with one attached hydrogen (secondary N) is 2. The number of amides is 1. The highest BCUT2D eigenvalue weighted by Gasteiger charge is 2.51. The lowest BCUT2D eigenvalue weighted by molar-refractivity contribution is -0.137. The minimum Gasteiger partial charge on any atom is -0.354 e. The molecule has 1 aliphatic carbocycles. The van der Waals surface area contributed by atoms with E-state index in [1.165, 1.54) is 6.07 Å². The fourth-order valence-electron chi connectivity index (χ4n) is 2.50. The molecule has 1 saturated carbocycles. The molecule has 0 unspecified atom stereocenters. The van der Waals surface area contributed by atoms with Crippen molar-refractivity contribution in [3.8, 4) is 0 Å². The number of hydrogen-bond donors (Lipinski definition) is 2. The second kappa shape index (κ2) is 8.02. The molecule has 3 nitrogen and oxygen atoms in total. The van der Waals surface area contributed by atoms with E-state index < -0.39 is 17.2 Å². The summed E-state index contributed by atoms with van der Waals surface area (Å²) in [7, 11) is 0. The van der Waals surface area contributed by atoms with Gasteiger partial charge in [-0.2, -0.15) is 13.2 Å². The van der Waals surface area contributed by atoms with E-state index in [1.54, 1.807) is 6.07 Å². The van der Waals surface area contributed by atoms with Crippen LogP contribution in [0, 0.1) is 0 Å². The number of alkyl halides is 3. The van der Waals surface area contributed by atoms with Gasteiger partial charge in [0, 0.05) is 13.1 Å². The highest BCUT2D eigenvalue weighted by atomic mass is 35.5. The Morgan fingerprint density at radius 1 is 1.22 bits per heavy atom. The summed E-state index contributed by atoms with van der Waals surface area (Å²) in [4.78, 5) is 12.3. The largest absolute Gasteiger partial charge is 0.416 e. The second-order valence-corrected chi connectivity index (χ2v) is 5.67. The number of halogens is 4. The van der Waals surface area contributed by atoms with Crippen LogP contribution in [0.3, 0.4) is 0 Å². The molecule has 23 heavy (non-hydrogen) atoms. The average Bonchev–Trinajstić information content (AvgIpc) is 3.28. The van der Waals surface area contributed by atoms with E-state index in [2.05, 4.69) is 17.6 Å². The maximum atomic E-state index is 12.8. The summed E-state index contributed by atoms with van der Waals surface area (Å²) in [5.74, 6) is -0.176. The van der Waals surface area contributed by atoms with Crippen molar-refractivity contribution in [3.05, 3.63) is 35.4 Å². The Morgan fingerprint density at radius 3 is 2.48 bits per heavy atom. The molecule has 0 saturated heterocycles. The van der Waals surface area contributed by atoms with Crippen LogP contribution in [0.15, 0.2) is 24.3 Å². The summed E-state index contributed by atoms with van der Waals surface area (Å²) in [6.45, 7) is 4.09. The first-order chi connectivity index (χ1) is 10.4. The SMILES string of the molecule is CCCNCCNC(=O)C1(c2cccc(C(F)(F)F)c2)CC1.Cl. The molecule has 7 heteroatoms. The van der Waals surface area contributed by atoms with Crippen molar-refractivity contribution in [1.82, 2.24) is 10.6 Å². The molecule has 0 radical (unpaired) electrons. The zero-order valence-electron chi connectivity index (χ0n) is 13.0. The highest BCUT2D eigenvalue weighted by Crippen LogP contribution is 2.49. The Kier molecular flexibility index (Phi) is 6.89. The van der Waals surface area contributed by atoms with Crippen LogP contribution >= 0.6 is 12.4 Å². The molecule has 2 rings (SSSR count). The van der Waals surface area contributed by atoms with Crippen molar-refractivity contribution in [2.45, 2.75) is 37.8 Å². The average molecular weight is 351 g/mol. The van der Waals surface area contributed by atoms with E-state index in [1.807, 2.05) is 0 Å². The summed E-state index contributed by atoms with van der Waals surface area (Å²) in [6, 6.07) is 5.11. The van der Waals surface area contributed by atoms with Crippen molar-refractivity contribution < 1.29 is 18.0 Å². The summed E-state index contributed by atoms with van der Waals surface area (Å²) in [5.41, 5.74) is -1.01. The summed E-state index contributed by atoms with van der Waals surface area (Å²) in [5, 5.41) is 5.99. The fraction of sp³-hybridized carbons (Fsp3) is 0.562. The minimum absolute atomic E-state index is 0. The van der Waals surface area contributed by atoms with Gasteiger partial charge in [0.2, 0.25) is 5.91 Å². The third-order valence-electron chi connectivity index (χ3n) is 3.94. The number of hydrogen-bond acceptors (Lipinski definition) is 2. The van der Waals surface area contributed by atoms with Gasteiger partial charge in [-0.05, 0) is 37.4 Å². The van der Waals surface area contributed by atoms with E-state index in [-0.39, 0.29) is 18.3 Å². The van der Waals surface area contributed by atoms with Crippen LogP contribution in [-0.4, -0.2) is 25.5 Å². The Labute approximate surface area is 140 Å². The summed E-state index contributed by atoms with van der Waals surface area (Å²) in [6.07, 6.45) is -2.17. The van der Waals surface area contributed by atoms with Crippen LogP contribution in [0.25, 0.3) is 0 Å². The normalized spacial score (nSPS) is 15.7. The van der Waals surface area contributed by atoms with E-state index in [4.69, 9.17) is 0 Å². The van der Waals surface area contributed by atoms with Gasteiger partial charge in [0.05, 0.1) is 11.0 Å². The van der Waals surface area contributed by atoms with Crippen LogP contribution in [0.2, 0.25) is 0 Å². The van der Waals surface area contributed by atoms with Crippen LogP contribution in [0.5, 0.6) is 0 Å². The molecule has 1 aromatic carbocycles. The van der Waals surface area contributed by atoms with Gasteiger partial charge in [-0.3, -0.25) is 4.79 Å². The van der Waals surface area contributed by atoms with Gasteiger partial charge >= 0.3 is 6.18 Å². The molecule has 0 spiro atoms. The lowest BCUT2D eigenvalue weighted by Crippen LogP contribution is -2.38. The molecular weight excluding hydrogens is 329 g/mol. The van der Waals surface area contributed by atoms with Crippen LogP contribution in [0.4, 0.5) is 13.2 Å². The monoisotopic (exact) mass is 350 g/mol. The van der Waals surface area contributed by atoms with Gasteiger partial charge in [-0.15, -0.1) is 12.4 Å². The molecule has 1 amide bonds. The van der Waals surface area contributed by atoms with E-state index >= 15 is 0 Å². The topological polar surface area (TPSA) is 41.1 Å². The van der Waals surface area contributed by atoms with Crippen molar-refractivity contribution in [2.75, 3.05) is 19.6 Å². The van der Waals surface area contributed by atoms with E-state index in [0.29, 0.717) is 31.5 Å². The molecule has 0 atom stereocenters. The van der Waals surface area contributed by atoms with Crippen molar-refractivity contribution in [3.63, 3.8) is 0 Å². The van der Waals surface area contributed by atoms with Gasteiger partial charge in [0.25, 0.3) is 0 Å². The predicted molar refractivity (Wildman–Crippen MR) is 85.8 cm³/mol. The molecular formula is C16H22ClF3N2O. The fourth-order valence-corrected chi connectivity index (χ4v) is 2.50. The first kappa shape index (κ1) is 19.8. The summed E-state index contributed by atoms with van der Waals surface area (Å²) >= 11 is 0. The van der Waals surface area contributed by atoms with Crippen LogP contribution in [-0.2, 0) is 16.4 Å². The smallest absolute Gasteiger partial charge is 0.354 e. The molecule has 2 N–H and O–H groups in total. The predicted octanol–water partition coefficient (Wildman–Crippen LogP) is 3.27. The number of benzene rings is 1. The molecule has 1 aromatic rings. The maximum Gasteiger partial charge on any atom is 0.416 e. The summed E-state index contributed by atoms with van der Waals surface area (Å²) < 4.78 is 38.4. The first-order valence-electron chi connectivity index (χ1n) is 7.57. The quantitative estimate of drug-likeness (QED) is 0.741. The highest BCUT2D eigenvalue weighted by molar-refractivity contribution is 5.91. The van der Waals surface area contributed by atoms with E-state index in [9.17, 15) is 18.0 Å². The zero-order valence-corrected chi connectivity index (χ0v) is 13.8. The van der Waals surface area contributed by atoms with Gasteiger partial charge in [0.1, 0.15) is 0 Å².